The van der Waals surface area contributed by atoms with Crippen LogP contribution in [0.3, 0.4) is 0 Å². The molecule has 1 aromatic heterocycles. The van der Waals surface area contributed by atoms with Gasteiger partial charge in [-0.1, -0.05) is 0 Å². The highest BCUT2D eigenvalue weighted by molar-refractivity contribution is 5.94. The van der Waals surface area contributed by atoms with E-state index < -0.39 is 28.7 Å². The molecule has 8 heteroatoms. The number of hydrogen-bond donors (Lipinski definition) is 2. The van der Waals surface area contributed by atoms with E-state index in [1.54, 1.807) is 0 Å². The summed E-state index contributed by atoms with van der Waals surface area (Å²) in [7, 11) is 0. The van der Waals surface area contributed by atoms with Crippen LogP contribution in [0.4, 0.5) is 8.78 Å². The summed E-state index contributed by atoms with van der Waals surface area (Å²) in [6, 6.07) is 8.67. The fraction of sp³-hybridized carbons (Fsp3) is 0.118. The van der Waals surface area contributed by atoms with Gasteiger partial charge in [0.1, 0.15) is 11.6 Å². The number of H-pyrrole nitrogens is 1. The predicted molar refractivity (Wildman–Crippen MR) is 87.5 cm³/mol. The first-order chi connectivity index (χ1) is 12.0. The number of amides is 1. The zero-order valence-electron chi connectivity index (χ0n) is 12.9. The van der Waals surface area contributed by atoms with Crippen LogP contribution in [0.15, 0.2) is 52.1 Å². The molecule has 0 fully saturated rings. The molecule has 1 heterocycles. The molecule has 0 radical (unpaired) electrons. The number of benzene rings is 2. The summed E-state index contributed by atoms with van der Waals surface area (Å²) >= 11 is 0. The second-order valence-corrected chi connectivity index (χ2v) is 5.34. The van der Waals surface area contributed by atoms with Gasteiger partial charge < -0.3 is 14.9 Å². The van der Waals surface area contributed by atoms with Gasteiger partial charge >= 0.3 is 11.1 Å². The van der Waals surface area contributed by atoms with Gasteiger partial charge in [-0.3, -0.25) is 14.4 Å². The van der Waals surface area contributed by atoms with Crippen LogP contribution in [-0.2, 0) is 6.54 Å². The van der Waals surface area contributed by atoms with Crippen LogP contribution in [0, 0.1) is 11.6 Å². The third-order valence-corrected chi connectivity index (χ3v) is 3.66. The van der Waals surface area contributed by atoms with Crippen molar-refractivity contribution in [3.63, 3.8) is 0 Å². The molecule has 0 aliphatic rings. The molecule has 0 aliphatic heterocycles. The number of hydrogen-bond acceptors (Lipinski definition) is 3. The number of fused-ring (bicyclic) bond motifs is 1. The lowest BCUT2D eigenvalue weighted by Gasteiger charge is -2.10. The van der Waals surface area contributed by atoms with Gasteiger partial charge in [-0.2, -0.15) is 0 Å². The number of aromatic amines is 1. The minimum atomic E-state index is -0.872. The molecule has 2 aromatic carbocycles. The number of halogens is 2. The summed E-state index contributed by atoms with van der Waals surface area (Å²) in [4.78, 5) is 38.0. The zero-order valence-corrected chi connectivity index (χ0v) is 12.9. The van der Waals surface area contributed by atoms with Crippen LogP contribution in [0.1, 0.15) is 10.4 Å². The van der Waals surface area contributed by atoms with Gasteiger partial charge in [0, 0.05) is 18.7 Å². The lowest BCUT2D eigenvalue weighted by atomic mass is 10.2. The Hall–Kier alpha value is -3.29. The SMILES string of the molecule is O=C(NCCn1c(=O)c(=O)[nH]c2cc(F)ccc21)c1ccc(F)cc1. The van der Waals surface area contributed by atoms with Crippen molar-refractivity contribution < 1.29 is 13.6 Å². The Balaban J connectivity index is 1.80. The molecule has 0 spiro atoms. The predicted octanol–water partition coefficient (Wildman–Crippen LogP) is 1.40. The summed E-state index contributed by atoms with van der Waals surface area (Å²) in [5.74, 6) is -1.43. The van der Waals surface area contributed by atoms with Gasteiger partial charge in [-0.25, -0.2) is 8.78 Å². The van der Waals surface area contributed by atoms with Crippen LogP contribution in [0.2, 0.25) is 0 Å². The molecule has 6 nitrogen and oxygen atoms in total. The Bertz CT molecular complexity index is 1060. The molecule has 25 heavy (non-hydrogen) atoms. The van der Waals surface area contributed by atoms with Crippen molar-refractivity contribution in [1.82, 2.24) is 14.9 Å². The Labute approximate surface area is 139 Å². The van der Waals surface area contributed by atoms with Crippen molar-refractivity contribution in [1.29, 1.82) is 0 Å². The molecule has 3 rings (SSSR count). The number of rotatable bonds is 4. The van der Waals surface area contributed by atoms with Crippen molar-refractivity contribution >= 4 is 16.9 Å². The van der Waals surface area contributed by atoms with Gasteiger partial charge in [-0.05, 0) is 42.5 Å². The molecule has 128 valence electrons. The van der Waals surface area contributed by atoms with E-state index in [9.17, 15) is 23.2 Å². The maximum Gasteiger partial charge on any atom is 0.316 e. The molecule has 0 atom stereocenters. The molecular formula is C17H13F2N3O3. The number of aromatic nitrogens is 2. The smallest absolute Gasteiger partial charge is 0.316 e. The fourth-order valence-corrected chi connectivity index (χ4v) is 2.46. The molecule has 0 saturated carbocycles. The normalized spacial score (nSPS) is 10.8. The minimum absolute atomic E-state index is 0.0256. The fourth-order valence-electron chi connectivity index (χ4n) is 2.46. The zero-order chi connectivity index (χ0) is 18.0. The van der Waals surface area contributed by atoms with Gasteiger partial charge in [0.2, 0.25) is 0 Å². The number of nitrogens with one attached hydrogen (secondary N) is 2. The van der Waals surface area contributed by atoms with Gasteiger partial charge in [0.25, 0.3) is 5.91 Å². The van der Waals surface area contributed by atoms with E-state index in [1.807, 2.05) is 0 Å². The standard InChI is InChI=1S/C17H13F2N3O3/c18-11-3-1-10(2-4-11)15(23)20-7-8-22-14-6-5-12(19)9-13(14)21-16(24)17(22)25/h1-6,9H,7-8H2,(H,20,23)(H,21,24). The van der Waals surface area contributed by atoms with Gasteiger partial charge in [0.05, 0.1) is 11.0 Å². The quantitative estimate of drug-likeness (QED) is 0.701. The van der Waals surface area contributed by atoms with Crippen molar-refractivity contribution in [2.24, 2.45) is 0 Å². The van der Waals surface area contributed by atoms with E-state index in [-0.39, 0.29) is 24.2 Å². The van der Waals surface area contributed by atoms with Gasteiger partial charge in [0.15, 0.2) is 0 Å². The highest BCUT2D eigenvalue weighted by Crippen LogP contribution is 2.10. The summed E-state index contributed by atoms with van der Waals surface area (Å²) in [5, 5.41) is 2.58. The highest BCUT2D eigenvalue weighted by Gasteiger charge is 2.10. The lowest BCUT2D eigenvalue weighted by Crippen LogP contribution is -2.39. The Morgan fingerprint density at radius 3 is 2.44 bits per heavy atom. The molecule has 0 bridgehead atoms. The highest BCUT2D eigenvalue weighted by atomic mass is 19.1. The van der Waals surface area contributed by atoms with E-state index in [0.29, 0.717) is 5.52 Å². The molecule has 0 unspecified atom stereocenters. The first-order valence-electron chi connectivity index (χ1n) is 7.42. The van der Waals surface area contributed by atoms with Crippen molar-refractivity contribution in [2.75, 3.05) is 6.54 Å². The van der Waals surface area contributed by atoms with E-state index in [0.717, 1.165) is 18.2 Å². The molecule has 3 aromatic rings. The van der Waals surface area contributed by atoms with Crippen LogP contribution in [0.5, 0.6) is 0 Å². The Morgan fingerprint density at radius 2 is 1.72 bits per heavy atom. The maximum atomic E-state index is 13.3. The van der Waals surface area contributed by atoms with Crippen LogP contribution in [-0.4, -0.2) is 22.0 Å². The van der Waals surface area contributed by atoms with Gasteiger partial charge in [-0.15, -0.1) is 0 Å². The third kappa shape index (κ3) is 3.47. The molecule has 0 saturated heterocycles. The second-order valence-electron chi connectivity index (χ2n) is 5.34. The van der Waals surface area contributed by atoms with Crippen molar-refractivity contribution in [3.8, 4) is 0 Å². The van der Waals surface area contributed by atoms with E-state index in [2.05, 4.69) is 10.3 Å². The summed E-state index contributed by atoms with van der Waals surface area (Å²) in [6.07, 6.45) is 0. The van der Waals surface area contributed by atoms with E-state index in [1.165, 1.54) is 28.8 Å². The molecular weight excluding hydrogens is 332 g/mol. The average Bonchev–Trinajstić information content (AvgIpc) is 2.58. The molecule has 2 N–H and O–H groups in total. The first kappa shape index (κ1) is 16.6. The topological polar surface area (TPSA) is 84.0 Å². The maximum absolute atomic E-state index is 13.3. The molecule has 1 amide bonds. The third-order valence-electron chi connectivity index (χ3n) is 3.66. The van der Waals surface area contributed by atoms with Crippen molar-refractivity contribution in [2.45, 2.75) is 6.54 Å². The number of carbonyl (C=O) groups is 1. The van der Waals surface area contributed by atoms with Crippen LogP contribution >= 0.6 is 0 Å². The van der Waals surface area contributed by atoms with E-state index >= 15 is 0 Å². The summed E-state index contributed by atoms with van der Waals surface area (Å²) < 4.78 is 27.3. The number of nitrogens with zero attached hydrogens (tertiary/aromatic N) is 1. The lowest BCUT2D eigenvalue weighted by molar-refractivity contribution is 0.0952. The average molecular weight is 345 g/mol. The molecule has 0 aliphatic carbocycles. The number of carbonyl (C=O) groups excluding carboxylic acids is 1. The van der Waals surface area contributed by atoms with Crippen LogP contribution in [0.25, 0.3) is 11.0 Å². The van der Waals surface area contributed by atoms with Crippen LogP contribution < -0.4 is 16.4 Å². The summed E-state index contributed by atoms with van der Waals surface area (Å²) in [6.45, 7) is 0.0872. The Kier molecular flexibility index (Phi) is 4.42. The second kappa shape index (κ2) is 6.68. The monoisotopic (exact) mass is 345 g/mol. The van der Waals surface area contributed by atoms with E-state index in [4.69, 9.17) is 0 Å². The first-order valence-corrected chi connectivity index (χ1v) is 7.42. The van der Waals surface area contributed by atoms with Crippen molar-refractivity contribution in [3.05, 3.63) is 80.4 Å². The Morgan fingerprint density at radius 1 is 1.04 bits per heavy atom. The largest absolute Gasteiger partial charge is 0.350 e. The minimum Gasteiger partial charge on any atom is -0.350 e. The summed E-state index contributed by atoms with van der Waals surface area (Å²) in [5.41, 5.74) is -0.860.